The number of benzene rings is 1. The van der Waals surface area contributed by atoms with Gasteiger partial charge in [0.1, 0.15) is 0 Å². The van der Waals surface area contributed by atoms with Gasteiger partial charge < -0.3 is 9.64 Å². The van der Waals surface area contributed by atoms with Crippen molar-refractivity contribution in [2.45, 2.75) is 50.9 Å². The first-order valence-electron chi connectivity index (χ1n) is 7.29. The highest BCUT2D eigenvalue weighted by molar-refractivity contribution is 5.77. The maximum Gasteiger partial charge on any atom is 0.223 e. The first-order valence-corrected chi connectivity index (χ1v) is 7.29. The van der Waals surface area contributed by atoms with Gasteiger partial charge in [-0.1, -0.05) is 30.3 Å². The average molecular weight is 259 g/mol. The third-order valence-electron chi connectivity index (χ3n) is 4.25. The summed E-state index contributed by atoms with van der Waals surface area (Å²) in [6.07, 6.45) is 5.22. The summed E-state index contributed by atoms with van der Waals surface area (Å²) < 4.78 is 6.09. The Hall–Kier alpha value is -1.35. The summed E-state index contributed by atoms with van der Waals surface area (Å²) in [5.74, 6) is 0.323. The first kappa shape index (κ1) is 12.7. The van der Waals surface area contributed by atoms with Gasteiger partial charge in [0.15, 0.2) is 0 Å². The summed E-state index contributed by atoms with van der Waals surface area (Å²) in [5, 5.41) is 0. The van der Waals surface area contributed by atoms with Crippen LogP contribution in [0.2, 0.25) is 0 Å². The number of carbonyl (C=O) groups is 1. The largest absolute Gasteiger partial charge is 0.371 e. The lowest BCUT2D eigenvalue weighted by Crippen LogP contribution is -2.54. The van der Waals surface area contributed by atoms with Gasteiger partial charge in [0.05, 0.1) is 18.8 Å². The molecule has 0 radical (unpaired) electrons. The van der Waals surface area contributed by atoms with Crippen molar-refractivity contribution >= 4 is 5.91 Å². The van der Waals surface area contributed by atoms with Gasteiger partial charge in [0.25, 0.3) is 0 Å². The lowest BCUT2D eigenvalue weighted by atomic mass is 9.90. The molecular formula is C16H21NO2. The molecule has 2 saturated heterocycles. The Balaban J connectivity index is 1.62. The quantitative estimate of drug-likeness (QED) is 0.835. The summed E-state index contributed by atoms with van der Waals surface area (Å²) in [6, 6.07) is 10.6. The van der Waals surface area contributed by atoms with E-state index in [2.05, 4.69) is 17.0 Å². The Morgan fingerprint density at radius 2 is 2.00 bits per heavy atom. The summed E-state index contributed by atoms with van der Waals surface area (Å²) in [4.78, 5) is 14.0. The van der Waals surface area contributed by atoms with Crippen LogP contribution in [-0.2, 0) is 16.1 Å². The van der Waals surface area contributed by atoms with Crippen LogP contribution in [0.15, 0.2) is 30.3 Å². The Labute approximate surface area is 114 Å². The van der Waals surface area contributed by atoms with Crippen LogP contribution >= 0.6 is 0 Å². The van der Waals surface area contributed by atoms with Crippen LogP contribution in [0, 0.1) is 0 Å². The maximum atomic E-state index is 11.9. The predicted molar refractivity (Wildman–Crippen MR) is 73.6 cm³/mol. The predicted octanol–water partition coefficient (Wildman–Crippen LogP) is 2.75. The standard InChI is InChI=1S/C16H21NO2/c18-16-10-9-15(14-8-4-5-11-17(14)16)19-12-13-6-2-1-3-7-13/h1-3,6-7,14-15H,4-5,8-12H2/t14-,15+/m1/s1. The third kappa shape index (κ3) is 2.81. The van der Waals surface area contributed by atoms with Crippen molar-refractivity contribution in [2.24, 2.45) is 0 Å². The number of hydrogen-bond donors (Lipinski definition) is 0. The molecule has 2 atom stereocenters. The molecule has 0 saturated carbocycles. The molecule has 2 fully saturated rings. The molecule has 1 amide bonds. The van der Waals surface area contributed by atoms with Crippen LogP contribution in [0.1, 0.15) is 37.7 Å². The van der Waals surface area contributed by atoms with Crippen molar-refractivity contribution in [2.75, 3.05) is 6.54 Å². The van der Waals surface area contributed by atoms with Gasteiger partial charge in [-0.15, -0.1) is 0 Å². The van der Waals surface area contributed by atoms with E-state index in [1.807, 2.05) is 18.2 Å². The van der Waals surface area contributed by atoms with Crippen molar-refractivity contribution in [1.82, 2.24) is 4.90 Å². The molecule has 0 aromatic heterocycles. The zero-order valence-electron chi connectivity index (χ0n) is 11.3. The molecule has 0 spiro atoms. The van der Waals surface area contributed by atoms with Crippen molar-refractivity contribution in [3.8, 4) is 0 Å². The Morgan fingerprint density at radius 3 is 2.84 bits per heavy atom. The number of nitrogens with zero attached hydrogens (tertiary/aromatic N) is 1. The fraction of sp³-hybridized carbons (Fsp3) is 0.562. The smallest absolute Gasteiger partial charge is 0.223 e. The highest BCUT2D eigenvalue weighted by Crippen LogP contribution is 2.29. The third-order valence-corrected chi connectivity index (χ3v) is 4.25. The summed E-state index contributed by atoms with van der Waals surface area (Å²) in [7, 11) is 0. The second-order valence-corrected chi connectivity index (χ2v) is 5.52. The van der Waals surface area contributed by atoms with Crippen LogP contribution in [0.25, 0.3) is 0 Å². The zero-order chi connectivity index (χ0) is 13.1. The van der Waals surface area contributed by atoms with Gasteiger partial charge >= 0.3 is 0 Å². The van der Waals surface area contributed by atoms with Crippen molar-refractivity contribution in [3.05, 3.63) is 35.9 Å². The molecule has 0 unspecified atom stereocenters. The molecule has 0 N–H and O–H groups in total. The van der Waals surface area contributed by atoms with E-state index in [4.69, 9.17) is 4.74 Å². The number of piperidine rings is 2. The molecule has 2 heterocycles. The van der Waals surface area contributed by atoms with E-state index in [1.165, 1.54) is 12.0 Å². The molecule has 2 aliphatic rings. The summed E-state index contributed by atoms with van der Waals surface area (Å²) >= 11 is 0. The Morgan fingerprint density at radius 1 is 1.16 bits per heavy atom. The fourth-order valence-electron chi connectivity index (χ4n) is 3.23. The zero-order valence-corrected chi connectivity index (χ0v) is 11.3. The molecule has 3 nitrogen and oxygen atoms in total. The van der Waals surface area contributed by atoms with Gasteiger partial charge in [0, 0.05) is 13.0 Å². The minimum atomic E-state index is 0.221. The molecular weight excluding hydrogens is 238 g/mol. The van der Waals surface area contributed by atoms with E-state index in [1.54, 1.807) is 0 Å². The molecule has 19 heavy (non-hydrogen) atoms. The molecule has 2 aliphatic heterocycles. The topological polar surface area (TPSA) is 29.5 Å². The molecule has 102 valence electrons. The molecule has 1 aromatic rings. The molecule has 0 bridgehead atoms. The molecule has 3 heteroatoms. The van der Waals surface area contributed by atoms with Crippen LogP contribution in [0.4, 0.5) is 0 Å². The van der Waals surface area contributed by atoms with Crippen LogP contribution in [0.3, 0.4) is 0 Å². The number of ether oxygens (including phenoxy) is 1. The fourth-order valence-corrected chi connectivity index (χ4v) is 3.23. The number of amides is 1. The minimum Gasteiger partial charge on any atom is -0.371 e. The SMILES string of the molecule is O=C1CC[C@H](OCc2ccccc2)[C@H]2CCCCN12. The van der Waals surface area contributed by atoms with Crippen LogP contribution in [0.5, 0.6) is 0 Å². The van der Waals surface area contributed by atoms with Crippen molar-refractivity contribution in [1.29, 1.82) is 0 Å². The lowest BCUT2D eigenvalue weighted by Gasteiger charge is -2.43. The normalized spacial score (nSPS) is 27.2. The number of hydrogen-bond acceptors (Lipinski definition) is 2. The lowest BCUT2D eigenvalue weighted by molar-refractivity contribution is -0.148. The number of carbonyl (C=O) groups excluding carboxylic acids is 1. The monoisotopic (exact) mass is 259 g/mol. The average Bonchev–Trinajstić information content (AvgIpc) is 2.48. The molecule has 1 aromatic carbocycles. The van der Waals surface area contributed by atoms with Gasteiger partial charge in [-0.2, -0.15) is 0 Å². The van der Waals surface area contributed by atoms with E-state index in [9.17, 15) is 4.79 Å². The van der Waals surface area contributed by atoms with Crippen molar-refractivity contribution in [3.63, 3.8) is 0 Å². The second-order valence-electron chi connectivity index (χ2n) is 5.52. The highest BCUT2D eigenvalue weighted by Gasteiger charge is 2.37. The second kappa shape index (κ2) is 5.74. The highest BCUT2D eigenvalue weighted by atomic mass is 16.5. The van der Waals surface area contributed by atoms with E-state index in [0.717, 1.165) is 25.8 Å². The molecule has 0 aliphatic carbocycles. The molecule has 3 rings (SSSR count). The Bertz CT molecular complexity index is 432. The van der Waals surface area contributed by atoms with E-state index in [-0.39, 0.29) is 6.10 Å². The maximum absolute atomic E-state index is 11.9. The van der Waals surface area contributed by atoms with E-state index < -0.39 is 0 Å². The van der Waals surface area contributed by atoms with Gasteiger partial charge in [-0.05, 0) is 31.2 Å². The van der Waals surface area contributed by atoms with E-state index in [0.29, 0.717) is 25.0 Å². The van der Waals surface area contributed by atoms with Crippen LogP contribution in [-0.4, -0.2) is 29.5 Å². The van der Waals surface area contributed by atoms with Gasteiger partial charge in [-0.25, -0.2) is 0 Å². The summed E-state index contributed by atoms with van der Waals surface area (Å²) in [6.45, 7) is 1.58. The number of fused-ring (bicyclic) bond motifs is 1. The van der Waals surface area contributed by atoms with Gasteiger partial charge in [0.2, 0.25) is 5.91 Å². The number of rotatable bonds is 3. The first-order chi connectivity index (χ1) is 9.34. The van der Waals surface area contributed by atoms with Gasteiger partial charge in [-0.3, -0.25) is 4.79 Å². The minimum absolute atomic E-state index is 0.221. The Kier molecular flexibility index (Phi) is 3.83. The van der Waals surface area contributed by atoms with Crippen LogP contribution < -0.4 is 0 Å². The van der Waals surface area contributed by atoms with Crippen molar-refractivity contribution < 1.29 is 9.53 Å². The van der Waals surface area contributed by atoms with E-state index >= 15 is 0 Å². The summed E-state index contributed by atoms with van der Waals surface area (Å²) in [5.41, 5.74) is 1.21.